The molecule has 0 radical (unpaired) electrons. The Balaban J connectivity index is 2.55. The smallest absolute Gasteiger partial charge is 0.139 e. The van der Waals surface area contributed by atoms with E-state index >= 15 is 0 Å². The van der Waals surface area contributed by atoms with Gasteiger partial charge in [-0.2, -0.15) is 0 Å². The number of nitrogens with one attached hydrogen (secondary N) is 1. The van der Waals surface area contributed by atoms with Crippen LogP contribution in [0.1, 0.15) is 11.4 Å². The van der Waals surface area contributed by atoms with Gasteiger partial charge in [0.05, 0.1) is 5.69 Å². The number of nitrogen functional groups attached to an aromatic ring is 1. The number of hydrogen-bond donors (Lipinski definition) is 2. The minimum Gasteiger partial charge on any atom is -0.398 e. The molecule has 3 heteroatoms. The van der Waals surface area contributed by atoms with Gasteiger partial charge in [0.2, 0.25) is 0 Å². The highest BCUT2D eigenvalue weighted by Crippen LogP contribution is 2.23. The number of aryl methyl sites for hydroxylation is 2. The molecule has 1 aromatic carbocycles. The zero-order valence-electron chi connectivity index (χ0n) is 8.33. The first-order valence-electron chi connectivity index (χ1n) is 4.56. The summed E-state index contributed by atoms with van der Waals surface area (Å²) in [5.74, 6) is 0.845. The Bertz CT molecular complexity index is 438. The van der Waals surface area contributed by atoms with E-state index in [2.05, 4.69) is 9.97 Å². The molecule has 14 heavy (non-hydrogen) atoms. The number of benzene rings is 1. The number of nitrogens with two attached hydrogens (primary N) is 1. The van der Waals surface area contributed by atoms with Crippen LogP contribution in [0, 0.1) is 13.8 Å². The first kappa shape index (κ1) is 8.81. The maximum Gasteiger partial charge on any atom is 0.139 e. The highest BCUT2D eigenvalue weighted by Gasteiger charge is 2.06. The Kier molecular flexibility index (Phi) is 2.00. The van der Waals surface area contributed by atoms with Gasteiger partial charge in [0.25, 0.3) is 0 Å². The molecule has 0 aliphatic carbocycles. The lowest BCUT2D eigenvalue weighted by Gasteiger charge is -2.00. The van der Waals surface area contributed by atoms with Crippen molar-refractivity contribution >= 4 is 5.69 Å². The number of anilines is 1. The van der Waals surface area contributed by atoms with Gasteiger partial charge in [-0.05, 0) is 26.0 Å². The van der Waals surface area contributed by atoms with Gasteiger partial charge in [0, 0.05) is 16.9 Å². The van der Waals surface area contributed by atoms with Gasteiger partial charge < -0.3 is 10.7 Å². The molecule has 0 saturated carbocycles. The third kappa shape index (κ3) is 1.37. The van der Waals surface area contributed by atoms with Crippen LogP contribution in [0.3, 0.4) is 0 Å². The van der Waals surface area contributed by atoms with Gasteiger partial charge in [-0.15, -0.1) is 0 Å². The molecule has 3 nitrogen and oxygen atoms in total. The summed E-state index contributed by atoms with van der Waals surface area (Å²) in [4.78, 5) is 7.62. The molecule has 2 aromatic rings. The molecule has 0 fully saturated rings. The summed E-state index contributed by atoms with van der Waals surface area (Å²) in [7, 11) is 0. The summed E-state index contributed by atoms with van der Waals surface area (Å²) in [6, 6.07) is 7.72. The lowest BCUT2D eigenvalue weighted by Crippen LogP contribution is -1.90. The molecule has 0 aliphatic heterocycles. The zero-order chi connectivity index (χ0) is 10.1. The second-order valence-corrected chi connectivity index (χ2v) is 3.38. The topological polar surface area (TPSA) is 54.7 Å². The third-order valence-electron chi connectivity index (χ3n) is 2.34. The van der Waals surface area contributed by atoms with Crippen LogP contribution in [0.2, 0.25) is 0 Å². The van der Waals surface area contributed by atoms with Crippen molar-refractivity contribution in [2.24, 2.45) is 0 Å². The van der Waals surface area contributed by atoms with Gasteiger partial charge in [-0.25, -0.2) is 4.98 Å². The van der Waals surface area contributed by atoms with Crippen LogP contribution in [-0.2, 0) is 0 Å². The molecule has 1 aromatic heterocycles. The number of aromatic amines is 1. The largest absolute Gasteiger partial charge is 0.398 e. The van der Waals surface area contributed by atoms with Crippen LogP contribution >= 0.6 is 0 Å². The summed E-state index contributed by atoms with van der Waals surface area (Å²) in [5.41, 5.74) is 9.67. The van der Waals surface area contributed by atoms with E-state index in [0.29, 0.717) is 0 Å². The molecular weight excluding hydrogens is 174 g/mol. The molecule has 3 N–H and O–H groups in total. The van der Waals surface area contributed by atoms with Crippen LogP contribution in [0.5, 0.6) is 0 Å². The highest BCUT2D eigenvalue weighted by molar-refractivity contribution is 5.71. The van der Waals surface area contributed by atoms with Crippen molar-refractivity contribution in [1.82, 2.24) is 9.97 Å². The van der Waals surface area contributed by atoms with Crippen LogP contribution < -0.4 is 5.73 Å². The average Bonchev–Trinajstić information content (AvgIpc) is 2.48. The SMILES string of the molecule is Cc1nc(-c2ccccc2N)[nH]c1C. The van der Waals surface area contributed by atoms with Gasteiger partial charge in [0.1, 0.15) is 5.82 Å². The van der Waals surface area contributed by atoms with Crippen molar-refractivity contribution in [3.63, 3.8) is 0 Å². The lowest BCUT2D eigenvalue weighted by molar-refractivity contribution is 1.22. The summed E-state index contributed by atoms with van der Waals surface area (Å²) in [5, 5.41) is 0. The van der Waals surface area contributed by atoms with Gasteiger partial charge in [-0.3, -0.25) is 0 Å². The molecule has 0 saturated heterocycles. The number of imidazole rings is 1. The van der Waals surface area contributed by atoms with Crippen LogP contribution in [0.25, 0.3) is 11.4 Å². The van der Waals surface area contributed by atoms with Crippen molar-refractivity contribution in [3.05, 3.63) is 35.7 Å². The molecule has 0 amide bonds. The first-order valence-corrected chi connectivity index (χ1v) is 4.56. The van der Waals surface area contributed by atoms with Gasteiger partial charge in [-0.1, -0.05) is 12.1 Å². The molecule has 0 bridgehead atoms. The van der Waals surface area contributed by atoms with Crippen molar-refractivity contribution in [2.75, 3.05) is 5.73 Å². The fraction of sp³-hybridized carbons (Fsp3) is 0.182. The number of H-pyrrole nitrogens is 1. The quantitative estimate of drug-likeness (QED) is 0.673. The van der Waals surface area contributed by atoms with Crippen molar-refractivity contribution in [2.45, 2.75) is 13.8 Å². The van der Waals surface area contributed by atoms with E-state index in [9.17, 15) is 0 Å². The lowest BCUT2D eigenvalue weighted by atomic mass is 10.2. The molecular formula is C11H13N3. The van der Waals surface area contributed by atoms with E-state index in [1.165, 1.54) is 0 Å². The minimum atomic E-state index is 0.751. The Morgan fingerprint density at radius 1 is 1.21 bits per heavy atom. The number of aromatic nitrogens is 2. The van der Waals surface area contributed by atoms with E-state index < -0.39 is 0 Å². The first-order chi connectivity index (χ1) is 6.68. The Hall–Kier alpha value is -1.77. The standard InChI is InChI=1S/C11H13N3/c1-7-8(2)14-11(13-7)9-5-3-4-6-10(9)12/h3-6H,12H2,1-2H3,(H,13,14). The Morgan fingerprint density at radius 2 is 1.93 bits per heavy atom. The molecule has 2 rings (SSSR count). The number of hydrogen-bond acceptors (Lipinski definition) is 2. The molecule has 0 atom stereocenters. The fourth-order valence-electron chi connectivity index (χ4n) is 1.39. The predicted octanol–water partition coefficient (Wildman–Crippen LogP) is 2.28. The monoisotopic (exact) mass is 187 g/mol. The van der Waals surface area contributed by atoms with Crippen LogP contribution in [0.4, 0.5) is 5.69 Å². The van der Waals surface area contributed by atoms with E-state index in [1.54, 1.807) is 0 Å². The molecule has 0 unspecified atom stereocenters. The van der Waals surface area contributed by atoms with E-state index in [0.717, 1.165) is 28.5 Å². The van der Waals surface area contributed by atoms with Crippen molar-refractivity contribution < 1.29 is 0 Å². The van der Waals surface area contributed by atoms with Gasteiger partial charge >= 0.3 is 0 Å². The number of para-hydroxylation sites is 1. The Morgan fingerprint density at radius 3 is 2.50 bits per heavy atom. The zero-order valence-corrected chi connectivity index (χ0v) is 8.33. The highest BCUT2D eigenvalue weighted by atomic mass is 14.9. The second kappa shape index (κ2) is 3.18. The van der Waals surface area contributed by atoms with E-state index in [4.69, 9.17) is 5.73 Å². The third-order valence-corrected chi connectivity index (χ3v) is 2.34. The molecule has 0 spiro atoms. The molecule has 1 heterocycles. The van der Waals surface area contributed by atoms with Gasteiger partial charge in [0.15, 0.2) is 0 Å². The number of rotatable bonds is 1. The van der Waals surface area contributed by atoms with Crippen molar-refractivity contribution in [3.8, 4) is 11.4 Å². The maximum atomic E-state index is 5.85. The normalized spacial score (nSPS) is 10.4. The summed E-state index contributed by atoms with van der Waals surface area (Å²) < 4.78 is 0. The second-order valence-electron chi connectivity index (χ2n) is 3.38. The van der Waals surface area contributed by atoms with Crippen LogP contribution in [0.15, 0.2) is 24.3 Å². The Labute approximate surface area is 83.0 Å². The fourth-order valence-corrected chi connectivity index (χ4v) is 1.39. The molecule has 72 valence electrons. The summed E-state index contributed by atoms with van der Waals surface area (Å²) in [6.07, 6.45) is 0. The summed E-state index contributed by atoms with van der Waals surface area (Å²) >= 11 is 0. The number of nitrogens with zero attached hydrogens (tertiary/aromatic N) is 1. The van der Waals surface area contributed by atoms with E-state index in [1.807, 2.05) is 38.1 Å². The minimum absolute atomic E-state index is 0.751. The predicted molar refractivity (Wildman–Crippen MR) is 57.9 cm³/mol. The van der Waals surface area contributed by atoms with Crippen molar-refractivity contribution in [1.29, 1.82) is 0 Å². The molecule has 0 aliphatic rings. The average molecular weight is 187 g/mol. The summed E-state index contributed by atoms with van der Waals surface area (Å²) in [6.45, 7) is 3.99. The van der Waals surface area contributed by atoms with E-state index in [-0.39, 0.29) is 0 Å². The van der Waals surface area contributed by atoms with Crippen LogP contribution in [-0.4, -0.2) is 9.97 Å². The maximum absolute atomic E-state index is 5.85.